The van der Waals surface area contributed by atoms with Crippen LogP contribution in [0.4, 0.5) is 9.18 Å². The summed E-state index contributed by atoms with van der Waals surface area (Å²) in [7, 11) is 0. The van der Waals surface area contributed by atoms with Gasteiger partial charge in [0, 0.05) is 6.54 Å². The van der Waals surface area contributed by atoms with Gasteiger partial charge in [-0.15, -0.1) is 0 Å². The maximum atomic E-state index is 13.5. The lowest BCUT2D eigenvalue weighted by molar-refractivity contribution is -0.135. The fourth-order valence-corrected chi connectivity index (χ4v) is 3.28. The quantitative estimate of drug-likeness (QED) is 0.697. The SMILES string of the molecule is CCCC1(CCC)NC(=O)N(CC(=O)NCc2ccc(C)c(F)c2)C1=O. The van der Waals surface area contributed by atoms with E-state index in [2.05, 4.69) is 10.6 Å². The molecule has 0 aromatic heterocycles. The van der Waals surface area contributed by atoms with Crippen molar-refractivity contribution in [3.05, 3.63) is 35.1 Å². The van der Waals surface area contributed by atoms with Gasteiger partial charge in [0.15, 0.2) is 0 Å². The highest BCUT2D eigenvalue weighted by Crippen LogP contribution is 2.27. The van der Waals surface area contributed by atoms with Gasteiger partial charge in [0.2, 0.25) is 5.91 Å². The molecule has 1 aliphatic heterocycles. The number of aryl methyl sites for hydroxylation is 1. The molecule has 4 amide bonds. The number of benzene rings is 1. The second-order valence-electron chi connectivity index (χ2n) is 6.76. The Morgan fingerprint density at radius 1 is 1.23 bits per heavy atom. The number of urea groups is 1. The first kappa shape index (κ1) is 19.9. The molecule has 6 nitrogen and oxygen atoms in total. The molecule has 0 atom stereocenters. The van der Waals surface area contributed by atoms with Gasteiger partial charge in [0.1, 0.15) is 17.9 Å². The van der Waals surface area contributed by atoms with Crippen molar-refractivity contribution in [2.45, 2.75) is 58.5 Å². The molecule has 0 aliphatic carbocycles. The second kappa shape index (κ2) is 8.29. The highest BCUT2D eigenvalue weighted by atomic mass is 19.1. The molecule has 0 bridgehead atoms. The van der Waals surface area contributed by atoms with Gasteiger partial charge in [0.05, 0.1) is 0 Å². The highest BCUT2D eigenvalue weighted by molar-refractivity contribution is 6.09. The van der Waals surface area contributed by atoms with Gasteiger partial charge in [-0.25, -0.2) is 9.18 Å². The lowest BCUT2D eigenvalue weighted by Crippen LogP contribution is -2.47. The number of imide groups is 1. The minimum absolute atomic E-state index is 0.134. The first-order valence-corrected chi connectivity index (χ1v) is 8.98. The van der Waals surface area contributed by atoms with Crippen LogP contribution in [0.15, 0.2) is 18.2 Å². The standard InChI is InChI=1S/C19H26FN3O3/c1-4-8-19(9-5-2)17(25)23(18(26)22-19)12-16(24)21-11-14-7-6-13(3)15(20)10-14/h6-7,10H,4-5,8-9,11-12H2,1-3H3,(H,21,24)(H,22,26). The number of carbonyl (C=O) groups excluding carboxylic acids is 3. The maximum absolute atomic E-state index is 13.5. The maximum Gasteiger partial charge on any atom is 0.325 e. The Bertz CT molecular complexity index is 699. The molecule has 26 heavy (non-hydrogen) atoms. The average Bonchev–Trinajstić information content (AvgIpc) is 2.81. The summed E-state index contributed by atoms with van der Waals surface area (Å²) in [5.74, 6) is -1.14. The number of nitrogens with zero attached hydrogens (tertiary/aromatic N) is 1. The van der Waals surface area contributed by atoms with Gasteiger partial charge >= 0.3 is 6.03 Å². The van der Waals surface area contributed by atoms with Crippen molar-refractivity contribution in [2.24, 2.45) is 0 Å². The normalized spacial score (nSPS) is 15.9. The number of hydrogen-bond donors (Lipinski definition) is 2. The van der Waals surface area contributed by atoms with E-state index in [0.29, 0.717) is 24.0 Å². The minimum Gasteiger partial charge on any atom is -0.350 e. The fourth-order valence-electron chi connectivity index (χ4n) is 3.28. The third-order valence-electron chi connectivity index (χ3n) is 4.63. The third kappa shape index (κ3) is 4.20. The number of nitrogens with one attached hydrogen (secondary N) is 2. The molecule has 7 heteroatoms. The van der Waals surface area contributed by atoms with Crippen molar-refractivity contribution in [2.75, 3.05) is 6.54 Å². The summed E-state index contributed by atoms with van der Waals surface area (Å²) in [6.45, 7) is 5.36. The van der Waals surface area contributed by atoms with Crippen LogP contribution < -0.4 is 10.6 Å². The first-order valence-electron chi connectivity index (χ1n) is 8.98. The van der Waals surface area contributed by atoms with Crippen LogP contribution in [0.25, 0.3) is 0 Å². The van der Waals surface area contributed by atoms with E-state index in [1.165, 1.54) is 6.07 Å². The zero-order valence-electron chi connectivity index (χ0n) is 15.5. The van der Waals surface area contributed by atoms with Gasteiger partial charge in [-0.1, -0.05) is 38.8 Å². The third-order valence-corrected chi connectivity index (χ3v) is 4.63. The monoisotopic (exact) mass is 363 g/mol. The van der Waals surface area contributed by atoms with Gasteiger partial charge in [-0.05, 0) is 37.0 Å². The first-order chi connectivity index (χ1) is 12.3. The van der Waals surface area contributed by atoms with E-state index in [-0.39, 0.29) is 24.8 Å². The number of carbonyl (C=O) groups is 3. The summed E-state index contributed by atoms with van der Waals surface area (Å²) in [4.78, 5) is 38.1. The van der Waals surface area contributed by atoms with E-state index in [1.54, 1.807) is 19.1 Å². The number of rotatable bonds is 8. The zero-order chi connectivity index (χ0) is 19.3. The predicted molar refractivity (Wildman–Crippen MR) is 95.8 cm³/mol. The molecule has 1 heterocycles. The van der Waals surface area contributed by atoms with E-state index >= 15 is 0 Å². The Balaban J connectivity index is 1.98. The Kier molecular flexibility index (Phi) is 6.34. The topological polar surface area (TPSA) is 78.5 Å². The van der Waals surface area contributed by atoms with Crippen LogP contribution in [0.3, 0.4) is 0 Å². The Labute approximate surface area is 153 Å². The molecule has 1 aliphatic rings. The Morgan fingerprint density at radius 2 is 1.88 bits per heavy atom. The predicted octanol–water partition coefficient (Wildman–Crippen LogP) is 2.64. The molecule has 1 aromatic carbocycles. The van der Waals surface area contributed by atoms with Crippen molar-refractivity contribution in [1.29, 1.82) is 0 Å². The summed E-state index contributed by atoms with van der Waals surface area (Å²) >= 11 is 0. The molecule has 142 valence electrons. The molecule has 0 radical (unpaired) electrons. The average molecular weight is 363 g/mol. The molecular formula is C19H26FN3O3. The molecule has 2 N–H and O–H groups in total. The smallest absolute Gasteiger partial charge is 0.325 e. The van der Waals surface area contributed by atoms with Gasteiger partial charge < -0.3 is 10.6 Å². The molecule has 2 rings (SSSR count). The van der Waals surface area contributed by atoms with E-state index in [0.717, 1.165) is 17.7 Å². The second-order valence-corrected chi connectivity index (χ2v) is 6.76. The summed E-state index contributed by atoms with van der Waals surface area (Å²) in [5, 5.41) is 5.40. The molecule has 1 aromatic rings. The zero-order valence-corrected chi connectivity index (χ0v) is 15.5. The van der Waals surface area contributed by atoms with Crippen molar-refractivity contribution < 1.29 is 18.8 Å². The van der Waals surface area contributed by atoms with E-state index in [4.69, 9.17) is 0 Å². The van der Waals surface area contributed by atoms with Crippen LogP contribution in [-0.2, 0) is 16.1 Å². The molecule has 0 saturated carbocycles. The fraction of sp³-hybridized carbons (Fsp3) is 0.526. The molecule has 0 spiro atoms. The van der Waals surface area contributed by atoms with Crippen molar-refractivity contribution in [3.8, 4) is 0 Å². The molecular weight excluding hydrogens is 337 g/mol. The van der Waals surface area contributed by atoms with Crippen LogP contribution in [0.5, 0.6) is 0 Å². The minimum atomic E-state index is -0.902. The van der Waals surface area contributed by atoms with Crippen LogP contribution in [0.2, 0.25) is 0 Å². The van der Waals surface area contributed by atoms with E-state index in [9.17, 15) is 18.8 Å². The van der Waals surface area contributed by atoms with Crippen LogP contribution in [0, 0.1) is 12.7 Å². The largest absolute Gasteiger partial charge is 0.350 e. The van der Waals surface area contributed by atoms with Gasteiger partial charge in [-0.2, -0.15) is 0 Å². The summed E-state index contributed by atoms with van der Waals surface area (Å²) in [6, 6.07) is 4.18. The van der Waals surface area contributed by atoms with E-state index in [1.807, 2.05) is 13.8 Å². The summed E-state index contributed by atoms with van der Waals surface area (Å²) in [5.41, 5.74) is 0.244. The molecule has 0 unspecified atom stereocenters. The molecule has 1 saturated heterocycles. The van der Waals surface area contributed by atoms with Crippen molar-refractivity contribution in [1.82, 2.24) is 15.5 Å². The number of amides is 4. The van der Waals surface area contributed by atoms with Crippen LogP contribution >= 0.6 is 0 Å². The molecule has 1 fully saturated rings. The number of halogens is 1. The van der Waals surface area contributed by atoms with Gasteiger partial charge in [0.25, 0.3) is 5.91 Å². The summed E-state index contributed by atoms with van der Waals surface area (Å²) < 4.78 is 13.5. The van der Waals surface area contributed by atoms with Crippen molar-refractivity contribution >= 4 is 17.8 Å². The Morgan fingerprint density at radius 3 is 2.46 bits per heavy atom. The van der Waals surface area contributed by atoms with Gasteiger partial charge in [-0.3, -0.25) is 14.5 Å². The lowest BCUT2D eigenvalue weighted by Gasteiger charge is -2.25. The lowest BCUT2D eigenvalue weighted by atomic mass is 9.88. The van der Waals surface area contributed by atoms with Crippen LogP contribution in [-0.4, -0.2) is 34.8 Å². The number of hydrogen-bond acceptors (Lipinski definition) is 3. The van der Waals surface area contributed by atoms with Crippen molar-refractivity contribution in [3.63, 3.8) is 0 Å². The highest BCUT2D eigenvalue weighted by Gasteiger charge is 2.50. The Hall–Kier alpha value is -2.44. The van der Waals surface area contributed by atoms with Crippen LogP contribution in [0.1, 0.15) is 50.7 Å². The van der Waals surface area contributed by atoms with E-state index < -0.39 is 17.5 Å². The summed E-state index contributed by atoms with van der Waals surface area (Å²) in [6.07, 6.45) is 2.61.